The Bertz CT molecular complexity index is 269. The molecule has 1 aliphatic rings. The molecule has 1 aromatic rings. The molecule has 0 saturated heterocycles. The first kappa shape index (κ1) is 8.30. The third-order valence-electron chi connectivity index (χ3n) is 2.56. The normalized spacial score (nSPS) is 29.5. The highest BCUT2D eigenvalue weighted by Gasteiger charge is 2.24. The van der Waals surface area contributed by atoms with E-state index < -0.39 is 0 Å². The van der Waals surface area contributed by atoms with E-state index in [1.54, 1.807) is 0 Å². The van der Waals surface area contributed by atoms with Crippen LogP contribution in [-0.4, -0.2) is 14.6 Å². The zero-order valence-electron chi connectivity index (χ0n) is 7.20. The molecule has 0 aliphatic heterocycles. The van der Waals surface area contributed by atoms with Gasteiger partial charge in [-0.3, -0.25) is 4.68 Å². The number of aryl methyl sites for hydroxylation is 1. The topological polar surface area (TPSA) is 17.8 Å². The molecule has 1 aliphatic carbocycles. The Labute approximate surface area is 81.1 Å². The van der Waals surface area contributed by atoms with Crippen LogP contribution < -0.4 is 0 Å². The van der Waals surface area contributed by atoms with E-state index in [0.29, 0.717) is 0 Å². The average molecular weight is 229 g/mol. The van der Waals surface area contributed by atoms with Crippen molar-refractivity contribution in [3.63, 3.8) is 0 Å². The van der Waals surface area contributed by atoms with Gasteiger partial charge in [-0.05, 0) is 30.7 Å². The van der Waals surface area contributed by atoms with E-state index in [4.69, 9.17) is 0 Å². The van der Waals surface area contributed by atoms with Crippen molar-refractivity contribution in [2.45, 2.75) is 30.0 Å². The molecule has 0 aromatic carbocycles. The molecule has 0 bridgehead atoms. The fourth-order valence-electron chi connectivity index (χ4n) is 1.88. The second kappa shape index (κ2) is 3.21. The summed E-state index contributed by atoms with van der Waals surface area (Å²) in [6, 6.07) is 0. The highest BCUT2D eigenvalue weighted by molar-refractivity contribution is 9.09. The molecule has 2 atom stereocenters. The van der Waals surface area contributed by atoms with Crippen LogP contribution in [-0.2, 0) is 7.05 Å². The SMILES string of the molecule is Cn1cc(C2CCC(Br)C2)cn1. The van der Waals surface area contributed by atoms with Crippen LogP contribution in [0.5, 0.6) is 0 Å². The largest absolute Gasteiger partial charge is 0.276 e. The monoisotopic (exact) mass is 228 g/mol. The van der Waals surface area contributed by atoms with Crippen LogP contribution in [0.2, 0.25) is 0 Å². The van der Waals surface area contributed by atoms with Crippen molar-refractivity contribution in [3.8, 4) is 0 Å². The van der Waals surface area contributed by atoms with E-state index in [1.807, 2.05) is 17.9 Å². The molecule has 1 saturated carbocycles. The fraction of sp³-hybridized carbons (Fsp3) is 0.667. The lowest BCUT2D eigenvalue weighted by molar-refractivity contribution is 0.720. The maximum atomic E-state index is 4.19. The number of rotatable bonds is 1. The van der Waals surface area contributed by atoms with E-state index in [0.717, 1.165) is 10.7 Å². The summed E-state index contributed by atoms with van der Waals surface area (Å²) < 4.78 is 1.89. The van der Waals surface area contributed by atoms with Gasteiger partial charge < -0.3 is 0 Å². The first-order valence-electron chi connectivity index (χ1n) is 4.38. The van der Waals surface area contributed by atoms with Crippen LogP contribution in [0, 0.1) is 0 Å². The summed E-state index contributed by atoms with van der Waals surface area (Å²) in [7, 11) is 1.98. The average Bonchev–Trinajstić information content (AvgIpc) is 2.58. The van der Waals surface area contributed by atoms with Gasteiger partial charge in [0.25, 0.3) is 0 Å². The number of aromatic nitrogens is 2. The van der Waals surface area contributed by atoms with Crippen LogP contribution in [0.4, 0.5) is 0 Å². The highest BCUT2D eigenvalue weighted by Crippen LogP contribution is 2.37. The van der Waals surface area contributed by atoms with E-state index in [-0.39, 0.29) is 0 Å². The summed E-state index contributed by atoms with van der Waals surface area (Å²) >= 11 is 3.66. The fourth-order valence-corrected chi connectivity index (χ4v) is 2.60. The van der Waals surface area contributed by atoms with Crippen molar-refractivity contribution in [3.05, 3.63) is 18.0 Å². The molecule has 1 fully saturated rings. The summed E-state index contributed by atoms with van der Waals surface area (Å²) in [6.07, 6.45) is 8.01. The second-order valence-electron chi connectivity index (χ2n) is 3.55. The molecule has 0 amide bonds. The summed E-state index contributed by atoms with van der Waals surface area (Å²) in [5.74, 6) is 0.739. The molecular weight excluding hydrogens is 216 g/mol. The molecule has 1 heterocycles. The lowest BCUT2D eigenvalue weighted by Gasteiger charge is -2.04. The predicted octanol–water partition coefficient (Wildman–Crippen LogP) is 2.45. The first-order chi connectivity index (χ1) is 5.75. The van der Waals surface area contributed by atoms with Crippen molar-refractivity contribution in [2.75, 3.05) is 0 Å². The lowest BCUT2D eigenvalue weighted by Crippen LogP contribution is -1.92. The van der Waals surface area contributed by atoms with Crippen molar-refractivity contribution < 1.29 is 0 Å². The Balaban J connectivity index is 2.11. The smallest absolute Gasteiger partial charge is 0.0524 e. The minimum absolute atomic E-state index is 0.725. The molecule has 1 aromatic heterocycles. The number of hydrogen-bond donors (Lipinski definition) is 0. The summed E-state index contributed by atoms with van der Waals surface area (Å²) in [5.41, 5.74) is 1.40. The van der Waals surface area contributed by atoms with Crippen LogP contribution in [0.1, 0.15) is 30.7 Å². The Kier molecular flexibility index (Phi) is 2.22. The first-order valence-corrected chi connectivity index (χ1v) is 5.30. The molecule has 2 unspecified atom stereocenters. The van der Waals surface area contributed by atoms with Gasteiger partial charge >= 0.3 is 0 Å². The second-order valence-corrected chi connectivity index (χ2v) is 4.85. The van der Waals surface area contributed by atoms with Crippen LogP contribution >= 0.6 is 15.9 Å². The summed E-state index contributed by atoms with van der Waals surface area (Å²) in [5, 5.41) is 4.19. The molecule has 12 heavy (non-hydrogen) atoms. The quantitative estimate of drug-likeness (QED) is 0.676. The molecule has 2 nitrogen and oxygen atoms in total. The van der Waals surface area contributed by atoms with Gasteiger partial charge in [0, 0.05) is 18.1 Å². The summed E-state index contributed by atoms with van der Waals surface area (Å²) in [6.45, 7) is 0. The molecular formula is C9H13BrN2. The molecule has 2 rings (SSSR count). The maximum absolute atomic E-state index is 4.19. The van der Waals surface area contributed by atoms with Crippen molar-refractivity contribution in [1.82, 2.24) is 9.78 Å². The standard InChI is InChI=1S/C9H13BrN2/c1-12-6-8(5-11-12)7-2-3-9(10)4-7/h5-7,9H,2-4H2,1H3. The van der Waals surface area contributed by atoms with Gasteiger partial charge in [-0.2, -0.15) is 5.10 Å². The van der Waals surface area contributed by atoms with Crippen LogP contribution in [0.3, 0.4) is 0 Å². The molecule has 3 heteroatoms. The zero-order chi connectivity index (χ0) is 8.55. The molecule has 0 spiro atoms. The Morgan fingerprint density at radius 2 is 2.42 bits per heavy atom. The van der Waals surface area contributed by atoms with E-state index >= 15 is 0 Å². The van der Waals surface area contributed by atoms with Gasteiger partial charge in [0.2, 0.25) is 0 Å². The number of halogens is 1. The van der Waals surface area contributed by atoms with Gasteiger partial charge in [0.1, 0.15) is 0 Å². The zero-order valence-corrected chi connectivity index (χ0v) is 8.79. The van der Waals surface area contributed by atoms with E-state index in [2.05, 4.69) is 27.2 Å². The molecule has 0 radical (unpaired) electrons. The molecule has 66 valence electrons. The Hall–Kier alpha value is -0.310. The van der Waals surface area contributed by atoms with Gasteiger partial charge in [-0.25, -0.2) is 0 Å². The predicted molar refractivity (Wildman–Crippen MR) is 52.5 cm³/mol. The number of nitrogens with zero attached hydrogens (tertiary/aromatic N) is 2. The maximum Gasteiger partial charge on any atom is 0.0524 e. The molecule has 0 N–H and O–H groups in total. The van der Waals surface area contributed by atoms with Crippen molar-refractivity contribution in [2.24, 2.45) is 7.05 Å². The van der Waals surface area contributed by atoms with Gasteiger partial charge in [0.05, 0.1) is 6.20 Å². The minimum Gasteiger partial charge on any atom is -0.276 e. The lowest BCUT2D eigenvalue weighted by atomic mass is 10.0. The van der Waals surface area contributed by atoms with E-state index in [1.165, 1.54) is 24.8 Å². The van der Waals surface area contributed by atoms with Crippen LogP contribution in [0.15, 0.2) is 12.4 Å². The highest BCUT2D eigenvalue weighted by atomic mass is 79.9. The van der Waals surface area contributed by atoms with Gasteiger partial charge in [0.15, 0.2) is 0 Å². The Morgan fingerprint density at radius 3 is 2.92 bits per heavy atom. The van der Waals surface area contributed by atoms with Gasteiger partial charge in [-0.15, -0.1) is 0 Å². The number of hydrogen-bond acceptors (Lipinski definition) is 1. The Morgan fingerprint density at radius 1 is 1.58 bits per heavy atom. The van der Waals surface area contributed by atoms with E-state index in [9.17, 15) is 0 Å². The van der Waals surface area contributed by atoms with Gasteiger partial charge in [-0.1, -0.05) is 15.9 Å². The van der Waals surface area contributed by atoms with Crippen molar-refractivity contribution >= 4 is 15.9 Å². The number of alkyl halides is 1. The third-order valence-corrected chi connectivity index (χ3v) is 3.40. The minimum atomic E-state index is 0.725. The third kappa shape index (κ3) is 1.56. The van der Waals surface area contributed by atoms with Crippen molar-refractivity contribution in [1.29, 1.82) is 0 Å². The van der Waals surface area contributed by atoms with Crippen LogP contribution in [0.25, 0.3) is 0 Å². The summed E-state index contributed by atoms with van der Waals surface area (Å²) in [4.78, 5) is 0.725.